The predicted molar refractivity (Wildman–Crippen MR) is 86.0 cm³/mol. The van der Waals surface area contributed by atoms with Crippen molar-refractivity contribution >= 4 is 17.7 Å². The number of ether oxygens (including phenoxy) is 3. The molecule has 1 aliphatic heterocycles. The van der Waals surface area contributed by atoms with E-state index >= 15 is 0 Å². The molecule has 1 aliphatic carbocycles. The SMILES string of the molecule is COC(=O)C1=C[C@H]2OC(C)(C)O[C@H]2[C@@H](O)[C@@H]1Sc1ccccc1. The summed E-state index contributed by atoms with van der Waals surface area (Å²) in [6.07, 6.45) is -0.106. The first-order valence-electron chi connectivity index (χ1n) is 7.47. The molecule has 0 saturated carbocycles. The van der Waals surface area contributed by atoms with Crippen molar-refractivity contribution in [2.24, 2.45) is 0 Å². The summed E-state index contributed by atoms with van der Waals surface area (Å²) in [4.78, 5) is 13.1. The van der Waals surface area contributed by atoms with Crippen molar-refractivity contribution in [3.05, 3.63) is 42.0 Å². The molecule has 0 bridgehead atoms. The highest BCUT2D eigenvalue weighted by molar-refractivity contribution is 8.00. The van der Waals surface area contributed by atoms with E-state index < -0.39 is 35.3 Å². The Hall–Kier alpha value is -1.34. The molecule has 5 nitrogen and oxygen atoms in total. The number of esters is 1. The first-order chi connectivity index (χ1) is 10.9. The summed E-state index contributed by atoms with van der Waals surface area (Å²) in [6.45, 7) is 3.59. The number of hydrogen-bond donors (Lipinski definition) is 1. The first-order valence-corrected chi connectivity index (χ1v) is 8.35. The average molecular weight is 336 g/mol. The Kier molecular flexibility index (Phi) is 4.51. The number of benzene rings is 1. The van der Waals surface area contributed by atoms with E-state index in [-0.39, 0.29) is 0 Å². The lowest BCUT2D eigenvalue weighted by Gasteiger charge is -2.33. The van der Waals surface area contributed by atoms with E-state index in [4.69, 9.17) is 14.2 Å². The van der Waals surface area contributed by atoms with Crippen LogP contribution in [0.5, 0.6) is 0 Å². The fourth-order valence-electron chi connectivity index (χ4n) is 2.92. The molecule has 0 aromatic heterocycles. The number of aliphatic hydroxyl groups excluding tert-OH is 1. The van der Waals surface area contributed by atoms with Gasteiger partial charge in [-0.05, 0) is 32.1 Å². The molecule has 1 heterocycles. The maximum atomic E-state index is 12.2. The van der Waals surface area contributed by atoms with Crippen LogP contribution in [0.25, 0.3) is 0 Å². The number of methoxy groups -OCH3 is 1. The van der Waals surface area contributed by atoms with E-state index in [0.717, 1.165) is 4.90 Å². The molecule has 1 N–H and O–H groups in total. The van der Waals surface area contributed by atoms with Gasteiger partial charge in [0.15, 0.2) is 5.79 Å². The standard InChI is InChI=1S/C17H20O5S/c1-17(2)21-12-9-11(16(19)20-3)15(13(18)14(12)22-17)23-10-7-5-4-6-8-10/h4-9,12-15,18H,1-3H3/t12-,13-,14-,15-/m1/s1. The van der Waals surface area contributed by atoms with Crippen molar-refractivity contribution in [1.82, 2.24) is 0 Å². The van der Waals surface area contributed by atoms with Crippen LogP contribution in [-0.4, -0.2) is 47.5 Å². The molecule has 3 rings (SSSR count). The zero-order valence-electron chi connectivity index (χ0n) is 13.3. The molecule has 0 unspecified atom stereocenters. The normalized spacial score (nSPS) is 32.1. The minimum Gasteiger partial charge on any atom is -0.466 e. The number of thioether (sulfide) groups is 1. The third kappa shape index (κ3) is 3.30. The van der Waals surface area contributed by atoms with Gasteiger partial charge in [-0.2, -0.15) is 0 Å². The molecule has 1 aromatic carbocycles. The third-order valence-corrected chi connectivity index (χ3v) is 5.22. The zero-order chi connectivity index (χ0) is 16.6. The minimum atomic E-state index is -0.869. The summed E-state index contributed by atoms with van der Waals surface area (Å²) in [5.41, 5.74) is 0.413. The van der Waals surface area contributed by atoms with Crippen LogP contribution in [0.3, 0.4) is 0 Å². The smallest absolute Gasteiger partial charge is 0.334 e. The molecular weight excluding hydrogens is 316 g/mol. The second-order valence-electron chi connectivity index (χ2n) is 6.02. The highest BCUT2D eigenvalue weighted by Gasteiger charge is 2.51. The van der Waals surface area contributed by atoms with E-state index in [1.54, 1.807) is 19.9 Å². The van der Waals surface area contributed by atoms with Crippen molar-refractivity contribution in [3.8, 4) is 0 Å². The maximum Gasteiger partial charge on any atom is 0.334 e. The monoisotopic (exact) mass is 336 g/mol. The Labute approximate surface area is 139 Å². The number of aliphatic hydroxyl groups is 1. The summed E-state index contributed by atoms with van der Waals surface area (Å²) in [5.74, 6) is -1.25. The van der Waals surface area contributed by atoms with Crippen LogP contribution < -0.4 is 0 Å². The number of carbonyl (C=O) groups excluding carboxylic acids is 1. The van der Waals surface area contributed by atoms with Gasteiger partial charge in [0.25, 0.3) is 0 Å². The summed E-state index contributed by atoms with van der Waals surface area (Å²) in [5, 5.41) is 10.3. The van der Waals surface area contributed by atoms with Crippen LogP contribution in [0.15, 0.2) is 46.9 Å². The molecular formula is C17H20O5S. The lowest BCUT2D eigenvalue weighted by molar-refractivity contribution is -0.152. The molecule has 23 heavy (non-hydrogen) atoms. The van der Waals surface area contributed by atoms with Gasteiger partial charge < -0.3 is 19.3 Å². The topological polar surface area (TPSA) is 65.0 Å². The lowest BCUT2D eigenvalue weighted by Crippen LogP contribution is -2.47. The summed E-state index contributed by atoms with van der Waals surface area (Å²) < 4.78 is 16.5. The average Bonchev–Trinajstić information content (AvgIpc) is 2.85. The molecule has 0 radical (unpaired) electrons. The molecule has 2 aliphatic rings. The van der Waals surface area contributed by atoms with Gasteiger partial charge in [0.1, 0.15) is 12.2 Å². The highest BCUT2D eigenvalue weighted by Crippen LogP contribution is 2.42. The van der Waals surface area contributed by atoms with Crippen LogP contribution in [0.4, 0.5) is 0 Å². The molecule has 0 amide bonds. The molecule has 1 saturated heterocycles. The quantitative estimate of drug-likeness (QED) is 0.853. The maximum absolute atomic E-state index is 12.2. The number of hydrogen-bond acceptors (Lipinski definition) is 6. The van der Waals surface area contributed by atoms with Crippen molar-refractivity contribution in [1.29, 1.82) is 0 Å². The van der Waals surface area contributed by atoms with Crippen LogP contribution in [0, 0.1) is 0 Å². The van der Waals surface area contributed by atoms with Crippen LogP contribution >= 0.6 is 11.8 Å². The fourth-order valence-corrected chi connectivity index (χ4v) is 4.12. The fraction of sp³-hybridized carbons (Fsp3) is 0.471. The summed E-state index contributed by atoms with van der Waals surface area (Å²) >= 11 is 1.42. The molecule has 0 spiro atoms. The van der Waals surface area contributed by atoms with Crippen molar-refractivity contribution in [2.45, 2.75) is 48.1 Å². The molecule has 1 aromatic rings. The van der Waals surface area contributed by atoms with Gasteiger partial charge >= 0.3 is 5.97 Å². The van der Waals surface area contributed by atoms with Crippen LogP contribution in [0.2, 0.25) is 0 Å². The largest absolute Gasteiger partial charge is 0.466 e. The minimum absolute atomic E-state index is 0.413. The van der Waals surface area contributed by atoms with Crippen LogP contribution in [0.1, 0.15) is 13.8 Å². The van der Waals surface area contributed by atoms with Gasteiger partial charge in [-0.1, -0.05) is 18.2 Å². The first kappa shape index (κ1) is 16.5. The van der Waals surface area contributed by atoms with E-state index in [1.165, 1.54) is 18.9 Å². The Morgan fingerprint density at radius 1 is 1.26 bits per heavy atom. The van der Waals surface area contributed by atoms with Crippen LogP contribution in [-0.2, 0) is 19.0 Å². The predicted octanol–water partition coefficient (Wildman–Crippen LogP) is 2.14. The number of carbonyl (C=O) groups is 1. The van der Waals surface area contributed by atoms with Gasteiger partial charge in [0.05, 0.1) is 24.0 Å². The zero-order valence-corrected chi connectivity index (χ0v) is 14.1. The highest BCUT2D eigenvalue weighted by atomic mass is 32.2. The van der Waals surface area contributed by atoms with Crippen molar-refractivity contribution < 1.29 is 24.1 Å². The second kappa shape index (κ2) is 6.28. The van der Waals surface area contributed by atoms with Gasteiger partial charge in [-0.25, -0.2) is 4.79 Å². The Morgan fingerprint density at radius 2 is 1.96 bits per heavy atom. The molecule has 6 heteroatoms. The van der Waals surface area contributed by atoms with E-state index in [0.29, 0.717) is 5.57 Å². The van der Waals surface area contributed by atoms with E-state index in [9.17, 15) is 9.90 Å². The molecule has 124 valence electrons. The van der Waals surface area contributed by atoms with Crippen molar-refractivity contribution in [2.75, 3.05) is 7.11 Å². The Morgan fingerprint density at radius 3 is 2.61 bits per heavy atom. The molecule has 1 fully saturated rings. The number of fused-ring (bicyclic) bond motifs is 1. The van der Waals surface area contributed by atoms with Gasteiger partial charge in [-0.15, -0.1) is 11.8 Å². The van der Waals surface area contributed by atoms with E-state index in [2.05, 4.69) is 0 Å². The van der Waals surface area contributed by atoms with Gasteiger partial charge in [-0.3, -0.25) is 0 Å². The van der Waals surface area contributed by atoms with Crippen molar-refractivity contribution in [3.63, 3.8) is 0 Å². The summed E-state index contributed by atoms with van der Waals surface area (Å²) in [6, 6.07) is 9.63. The third-order valence-electron chi connectivity index (χ3n) is 3.89. The molecule has 4 atom stereocenters. The van der Waals surface area contributed by atoms with E-state index in [1.807, 2.05) is 30.3 Å². The number of rotatable bonds is 3. The Balaban J connectivity index is 1.93. The van der Waals surface area contributed by atoms with Gasteiger partial charge in [0, 0.05) is 4.90 Å². The second-order valence-corrected chi connectivity index (χ2v) is 7.24. The lowest BCUT2D eigenvalue weighted by atomic mass is 9.91. The summed E-state index contributed by atoms with van der Waals surface area (Å²) in [7, 11) is 1.34. The van der Waals surface area contributed by atoms with Gasteiger partial charge in [0.2, 0.25) is 0 Å². The Bertz CT molecular complexity index is 613.